The van der Waals surface area contributed by atoms with Gasteiger partial charge in [-0.05, 0) is 30.9 Å². The van der Waals surface area contributed by atoms with Crippen LogP contribution in [0.4, 0.5) is 4.39 Å². The highest BCUT2D eigenvalue weighted by molar-refractivity contribution is 6.31. The average Bonchev–Trinajstić information content (AvgIpc) is 2.30. The van der Waals surface area contributed by atoms with E-state index in [1.165, 1.54) is 6.07 Å². The van der Waals surface area contributed by atoms with Crippen LogP contribution in [0.1, 0.15) is 31.2 Å². The van der Waals surface area contributed by atoms with Crippen molar-refractivity contribution in [1.82, 2.24) is 0 Å². The van der Waals surface area contributed by atoms with E-state index in [-0.39, 0.29) is 22.8 Å². The van der Waals surface area contributed by atoms with Crippen LogP contribution in [0.15, 0.2) is 18.2 Å². The average molecular weight is 271 g/mol. The highest BCUT2D eigenvalue weighted by Crippen LogP contribution is 2.38. The molecule has 1 aromatic rings. The predicted octanol–water partition coefficient (Wildman–Crippen LogP) is 3.55. The summed E-state index contributed by atoms with van der Waals surface area (Å²) in [6, 6.07) is 4.54. The van der Waals surface area contributed by atoms with Gasteiger partial charge in [0.15, 0.2) is 0 Å². The van der Waals surface area contributed by atoms with Crippen molar-refractivity contribution >= 4 is 17.4 Å². The molecule has 18 heavy (non-hydrogen) atoms. The van der Waals surface area contributed by atoms with Crippen LogP contribution in [0, 0.1) is 5.82 Å². The first-order valence-corrected chi connectivity index (χ1v) is 6.44. The summed E-state index contributed by atoms with van der Waals surface area (Å²) in [4.78, 5) is 12.0. The monoisotopic (exact) mass is 270 g/mol. The quantitative estimate of drug-likeness (QED) is 0.818. The summed E-state index contributed by atoms with van der Waals surface area (Å²) in [5.74, 6) is -0.434. The number of carbonyl (C=O) groups is 1. The molecule has 1 aliphatic carbocycles. The zero-order valence-corrected chi connectivity index (χ0v) is 11.1. The zero-order valence-electron chi connectivity index (χ0n) is 10.3. The number of ether oxygens (including phenoxy) is 1. The molecule has 1 aromatic carbocycles. The number of methoxy groups -OCH3 is 1. The summed E-state index contributed by atoms with van der Waals surface area (Å²) in [7, 11) is 1.64. The van der Waals surface area contributed by atoms with Crippen LogP contribution in [0.3, 0.4) is 0 Å². The van der Waals surface area contributed by atoms with Gasteiger partial charge < -0.3 is 4.74 Å². The molecule has 0 amide bonds. The van der Waals surface area contributed by atoms with E-state index in [2.05, 4.69) is 0 Å². The van der Waals surface area contributed by atoms with Crippen LogP contribution in [-0.2, 0) is 16.0 Å². The molecular weight excluding hydrogens is 255 g/mol. The Morgan fingerprint density at radius 3 is 2.78 bits per heavy atom. The summed E-state index contributed by atoms with van der Waals surface area (Å²) in [6.45, 7) is 0. The van der Waals surface area contributed by atoms with Gasteiger partial charge >= 0.3 is 0 Å². The van der Waals surface area contributed by atoms with Gasteiger partial charge in [0.25, 0.3) is 0 Å². The normalized spacial score (nSPS) is 17.3. The first-order valence-electron chi connectivity index (χ1n) is 6.06. The minimum absolute atomic E-state index is 0.0454. The molecule has 0 unspecified atom stereocenters. The Kier molecular flexibility index (Phi) is 4.03. The van der Waals surface area contributed by atoms with E-state index in [4.69, 9.17) is 16.3 Å². The highest BCUT2D eigenvalue weighted by atomic mass is 35.5. The lowest BCUT2D eigenvalue weighted by Crippen LogP contribution is -2.41. The SMILES string of the molecule is COC1(CC(=O)Cc2cccc(F)c2Cl)CCC1. The van der Waals surface area contributed by atoms with E-state index >= 15 is 0 Å². The Hall–Kier alpha value is -0.930. The molecule has 0 N–H and O–H groups in total. The lowest BCUT2D eigenvalue weighted by Gasteiger charge is -2.40. The maximum atomic E-state index is 13.2. The van der Waals surface area contributed by atoms with E-state index in [0.29, 0.717) is 12.0 Å². The summed E-state index contributed by atoms with van der Waals surface area (Å²) >= 11 is 5.83. The number of Topliss-reactive ketones (excluding diaryl/α,β-unsaturated/α-hetero) is 1. The van der Waals surface area contributed by atoms with Gasteiger partial charge in [-0.2, -0.15) is 0 Å². The van der Waals surface area contributed by atoms with Crippen molar-refractivity contribution < 1.29 is 13.9 Å². The van der Waals surface area contributed by atoms with Gasteiger partial charge in [-0.25, -0.2) is 4.39 Å². The van der Waals surface area contributed by atoms with E-state index < -0.39 is 5.82 Å². The Morgan fingerprint density at radius 1 is 1.50 bits per heavy atom. The number of rotatable bonds is 5. The molecule has 0 heterocycles. The van der Waals surface area contributed by atoms with Crippen molar-refractivity contribution in [2.45, 2.75) is 37.7 Å². The van der Waals surface area contributed by atoms with Crippen LogP contribution >= 0.6 is 11.6 Å². The highest BCUT2D eigenvalue weighted by Gasteiger charge is 2.38. The van der Waals surface area contributed by atoms with Crippen molar-refractivity contribution in [2.24, 2.45) is 0 Å². The van der Waals surface area contributed by atoms with E-state index in [1.807, 2.05) is 0 Å². The number of benzene rings is 1. The Bertz CT molecular complexity index is 450. The van der Waals surface area contributed by atoms with Gasteiger partial charge in [0.05, 0.1) is 10.6 Å². The van der Waals surface area contributed by atoms with Gasteiger partial charge in [-0.15, -0.1) is 0 Å². The van der Waals surface area contributed by atoms with E-state index in [9.17, 15) is 9.18 Å². The van der Waals surface area contributed by atoms with Crippen molar-refractivity contribution in [3.05, 3.63) is 34.6 Å². The molecule has 2 nitrogen and oxygen atoms in total. The molecule has 0 spiro atoms. The molecule has 0 saturated heterocycles. The molecule has 0 radical (unpaired) electrons. The fourth-order valence-electron chi connectivity index (χ4n) is 2.34. The molecule has 1 saturated carbocycles. The summed E-state index contributed by atoms with van der Waals surface area (Å²) in [5.41, 5.74) is 0.268. The second-order valence-corrected chi connectivity index (χ2v) is 5.22. The molecule has 0 aromatic heterocycles. The fourth-order valence-corrected chi connectivity index (χ4v) is 2.54. The maximum absolute atomic E-state index is 13.2. The third-order valence-corrected chi connectivity index (χ3v) is 4.06. The standard InChI is InChI=1S/C14H16ClFO2/c1-18-14(6-3-7-14)9-11(17)8-10-4-2-5-12(16)13(10)15/h2,4-5H,3,6-9H2,1H3. The Morgan fingerprint density at radius 2 is 2.22 bits per heavy atom. The predicted molar refractivity (Wildman–Crippen MR) is 68.3 cm³/mol. The van der Waals surface area contributed by atoms with Crippen molar-refractivity contribution in [1.29, 1.82) is 0 Å². The second kappa shape index (κ2) is 5.37. The Balaban J connectivity index is 2.01. The van der Waals surface area contributed by atoms with Crippen molar-refractivity contribution in [3.8, 4) is 0 Å². The molecular formula is C14H16ClFO2. The van der Waals surface area contributed by atoms with Gasteiger partial charge in [-0.1, -0.05) is 23.7 Å². The van der Waals surface area contributed by atoms with Gasteiger partial charge in [-0.3, -0.25) is 4.79 Å². The first-order chi connectivity index (χ1) is 8.56. The molecule has 0 bridgehead atoms. The minimum atomic E-state index is -0.480. The van der Waals surface area contributed by atoms with Crippen LogP contribution in [0.2, 0.25) is 5.02 Å². The fraction of sp³-hybridized carbons (Fsp3) is 0.500. The van der Waals surface area contributed by atoms with Gasteiger partial charge in [0.2, 0.25) is 0 Å². The number of ketones is 1. The van der Waals surface area contributed by atoms with Crippen LogP contribution in [0.5, 0.6) is 0 Å². The van der Waals surface area contributed by atoms with Crippen LogP contribution < -0.4 is 0 Å². The van der Waals surface area contributed by atoms with Crippen molar-refractivity contribution in [3.63, 3.8) is 0 Å². The lowest BCUT2D eigenvalue weighted by atomic mass is 9.76. The summed E-state index contributed by atoms with van der Waals surface area (Å²) in [5, 5.41) is 0.0472. The molecule has 0 aliphatic heterocycles. The molecule has 4 heteroatoms. The van der Waals surface area contributed by atoms with Gasteiger partial charge in [0, 0.05) is 20.0 Å². The largest absolute Gasteiger partial charge is 0.378 e. The maximum Gasteiger partial charge on any atom is 0.142 e. The lowest BCUT2D eigenvalue weighted by molar-refractivity contribution is -0.131. The topological polar surface area (TPSA) is 26.3 Å². The molecule has 0 atom stereocenters. The number of hydrogen-bond acceptors (Lipinski definition) is 2. The summed E-state index contributed by atoms with van der Waals surface area (Å²) < 4.78 is 18.7. The minimum Gasteiger partial charge on any atom is -0.378 e. The number of halogens is 2. The van der Waals surface area contributed by atoms with Crippen molar-refractivity contribution in [2.75, 3.05) is 7.11 Å². The zero-order chi connectivity index (χ0) is 13.2. The molecule has 2 rings (SSSR count). The van der Waals surface area contributed by atoms with Gasteiger partial charge in [0.1, 0.15) is 11.6 Å². The van der Waals surface area contributed by atoms with Crippen LogP contribution in [-0.4, -0.2) is 18.5 Å². The Labute approximate surface area is 111 Å². The molecule has 1 aliphatic rings. The molecule has 98 valence electrons. The van der Waals surface area contributed by atoms with E-state index in [0.717, 1.165) is 19.3 Å². The number of hydrogen-bond donors (Lipinski definition) is 0. The molecule has 1 fully saturated rings. The third kappa shape index (κ3) is 2.73. The third-order valence-electron chi connectivity index (χ3n) is 3.64. The smallest absolute Gasteiger partial charge is 0.142 e. The summed E-state index contributed by atoms with van der Waals surface area (Å²) in [6.07, 6.45) is 3.50. The van der Waals surface area contributed by atoms with Crippen LogP contribution in [0.25, 0.3) is 0 Å². The number of carbonyl (C=O) groups excluding carboxylic acids is 1. The van der Waals surface area contributed by atoms with E-state index in [1.54, 1.807) is 19.2 Å². The second-order valence-electron chi connectivity index (χ2n) is 4.85. The first kappa shape index (κ1) is 13.5.